The average Bonchev–Trinajstić information content (AvgIpc) is 3.12. The van der Waals surface area contributed by atoms with Gasteiger partial charge in [-0.25, -0.2) is 0 Å². The molecule has 0 fully saturated rings. The first kappa shape index (κ1) is 20.4. The summed E-state index contributed by atoms with van der Waals surface area (Å²) in [5.74, 6) is 0.429. The third kappa shape index (κ3) is 5.81. The van der Waals surface area contributed by atoms with Gasteiger partial charge in [-0.1, -0.05) is 71.6 Å². The van der Waals surface area contributed by atoms with E-state index >= 15 is 0 Å². The summed E-state index contributed by atoms with van der Waals surface area (Å²) in [6.45, 7) is 6.78. The molecule has 0 saturated carbocycles. The number of thioether (sulfide) groups is 1. The maximum atomic E-state index is 12.9. The standard InChI is InChI=1S/C21H24N4OS2/c1-21(2,3)25(14-16-10-6-4-7-11-16)18(26)15-27-20-24-23-19(28-20)22-17-12-8-5-9-13-17/h4-13H,14-15H2,1-3H3,(H,22,23). The van der Waals surface area contributed by atoms with Crippen molar-refractivity contribution in [2.24, 2.45) is 0 Å². The molecule has 0 atom stereocenters. The Bertz CT molecular complexity index is 892. The van der Waals surface area contributed by atoms with E-state index in [1.54, 1.807) is 0 Å². The van der Waals surface area contributed by atoms with Gasteiger partial charge in [0.2, 0.25) is 11.0 Å². The number of aromatic nitrogens is 2. The van der Waals surface area contributed by atoms with Crippen LogP contribution in [0.5, 0.6) is 0 Å². The van der Waals surface area contributed by atoms with Crippen molar-refractivity contribution in [3.8, 4) is 0 Å². The second-order valence-electron chi connectivity index (χ2n) is 7.29. The van der Waals surface area contributed by atoms with Gasteiger partial charge < -0.3 is 10.2 Å². The zero-order chi connectivity index (χ0) is 20.0. The van der Waals surface area contributed by atoms with Gasteiger partial charge in [-0.05, 0) is 38.5 Å². The van der Waals surface area contributed by atoms with E-state index in [0.717, 1.165) is 20.7 Å². The van der Waals surface area contributed by atoms with E-state index < -0.39 is 0 Å². The first-order valence-electron chi connectivity index (χ1n) is 9.04. The van der Waals surface area contributed by atoms with Crippen molar-refractivity contribution in [2.45, 2.75) is 37.2 Å². The molecule has 3 aromatic rings. The molecule has 0 unspecified atom stereocenters. The van der Waals surface area contributed by atoms with E-state index in [-0.39, 0.29) is 11.4 Å². The van der Waals surface area contributed by atoms with Crippen LogP contribution < -0.4 is 5.32 Å². The minimum absolute atomic E-state index is 0.0918. The first-order chi connectivity index (χ1) is 13.4. The van der Waals surface area contributed by atoms with Crippen LogP contribution in [0, 0.1) is 0 Å². The SMILES string of the molecule is CC(C)(C)N(Cc1ccccc1)C(=O)CSc1nnc(Nc2ccccc2)s1. The molecule has 0 aliphatic rings. The number of carbonyl (C=O) groups is 1. The molecule has 146 valence electrons. The maximum Gasteiger partial charge on any atom is 0.233 e. The van der Waals surface area contributed by atoms with Gasteiger partial charge in [-0.3, -0.25) is 4.79 Å². The summed E-state index contributed by atoms with van der Waals surface area (Å²) in [6.07, 6.45) is 0. The molecule has 0 spiro atoms. The number of benzene rings is 2. The Labute approximate surface area is 174 Å². The molecule has 1 aromatic heterocycles. The van der Waals surface area contributed by atoms with Gasteiger partial charge in [-0.15, -0.1) is 10.2 Å². The van der Waals surface area contributed by atoms with Crippen molar-refractivity contribution in [3.05, 3.63) is 66.2 Å². The Morgan fingerprint density at radius 1 is 1.04 bits per heavy atom. The largest absolute Gasteiger partial charge is 0.333 e. The molecule has 0 bridgehead atoms. The summed E-state index contributed by atoms with van der Waals surface area (Å²) >= 11 is 2.88. The van der Waals surface area contributed by atoms with E-state index in [0.29, 0.717) is 12.3 Å². The normalized spacial score (nSPS) is 11.2. The molecule has 1 amide bonds. The molecule has 7 heteroatoms. The molecular weight excluding hydrogens is 388 g/mol. The fraction of sp³-hybridized carbons (Fsp3) is 0.286. The zero-order valence-corrected chi connectivity index (χ0v) is 17.9. The lowest BCUT2D eigenvalue weighted by Crippen LogP contribution is -2.45. The quantitative estimate of drug-likeness (QED) is 0.541. The third-order valence-corrected chi connectivity index (χ3v) is 6.00. The van der Waals surface area contributed by atoms with E-state index in [4.69, 9.17) is 0 Å². The molecule has 0 aliphatic carbocycles. The second-order valence-corrected chi connectivity index (χ2v) is 9.49. The van der Waals surface area contributed by atoms with Crippen LogP contribution in [0.25, 0.3) is 0 Å². The summed E-state index contributed by atoms with van der Waals surface area (Å²) in [4.78, 5) is 14.8. The number of nitrogens with zero attached hydrogens (tertiary/aromatic N) is 3. The summed E-state index contributed by atoms with van der Waals surface area (Å²) in [5, 5.41) is 12.3. The number of amides is 1. The van der Waals surface area contributed by atoms with Gasteiger partial charge in [0.15, 0.2) is 4.34 Å². The number of para-hydroxylation sites is 1. The van der Waals surface area contributed by atoms with Crippen LogP contribution in [-0.4, -0.2) is 32.3 Å². The molecule has 3 rings (SSSR count). The van der Waals surface area contributed by atoms with E-state index in [9.17, 15) is 4.79 Å². The highest BCUT2D eigenvalue weighted by molar-refractivity contribution is 8.01. The minimum Gasteiger partial charge on any atom is -0.333 e. The highest BCUT2D eigenvalue weighted by atomic mass is 32.2. The Morgan fingerprint density at radius 3 is 2.32 bits per heavy atom. The van der Waals surface area contributed by atoms with E-state index in [2.05, 4.69) is 36.3 Å². The van der Waals surface area contributed by atoms with Crippen LogP contribution in [0.3, 0.4) is 0 Å². The van der Waals surface area contributed by atoms with Gasteiger partial charge in [-0.2, -0.15) is 0 Å². The predicted octanol–water partition coefficient (Wildman–Crippen LogP) is 5.20. The average molecular weight is 413 g/mol. The highest BCUT2D eigenvalue weighted by Gasteiger charge is 2.26. The predicted molar refractivity (Wildman–Crippen MR) is 117 cm³/mol. The van der Waals surface area contributed by atoms with Crippen LogP contribution in [0.2, 0.25) is 0 Å². The molecule has 28 heavy (non-hydrogen) atoms. The summed E-state index contributed by atoms with van der Waals surface area (Å²) in [6, 6.07) is 19.9. The lowest BCUT2D eigenvalue weighted by molar-refractivity contribution is -0.133. The molecule has 2 aromatic carbocycles. The highest BCUT2D eigenvalue weighted by Crippen LogP contribution is 2.28. The number of carbonyl (C=O) groups excluding carboxylic acids is 1. The third-order valence-electron chi connectivity index (χ3n) is 4.04. The Kier molecular flexibility index (Phi) is 6.70. The zero-order valence-electron chi connectivity index (χ0n) is 16.3. The first-order valence-corrected chi connectivity index (χ1v) is 10.8. The van der Waals surface area contributed by atoms with Gasteiger partial charge in [0.25, 0.3) is 0 Å². The summed E-state index contributed by atoms with van der Waals surface area (Å²) < 4.78 is 0.778. The number of hydrogen-bond acceptors (Lipinski definition) is 6. The molecule has 0 aliphatic heterocycles. The van der Waals surface area contributed by atoms with Gasteiger partial charge in [0.1, 0.15) is 0 Å². The number of rotatable bonds is 7. The van der Waals surface area contributed by atoms with Crippen molar-refractivity contribution in [3.63, 3.8) is 0 Å². The lowest BCUT2D eigenvalue weighted by Gasteiger charge is -2.36. The molecule has 5 nitrogen and oxygen atoms in total. The molecule has 0 saturated heterocycles. The van der Waals surface area contributed by atoms with Crippen LogP contribution in [0.15, 0.2) is 65.0 Å². The van der Waals surface area contributed by atoms with Gasteiger partial charge in [0, 0.05) is 17.8 Å². The summed E-state index contributed by atoms with van der Waals surface area (Å²) in [5.41, 5.74) is 1.84. The van der Waals surface area contributed by atoms with E-state index in [1.807, 2.05) is 65.6 Å². The lowest BCUT2D eigenvalue weighted by atomic mass is 10.0. The molecule has 1 heterocycles. The molecule has 0 radical (unpaired) electrons. The van der Waals surface area contributed by atoms with Crippen molar-refractivity contribution in [1.82, 2.24) is 15.1 Å². The van der Waals surface area contributed by atoms with Crippen LogP contribution in [0.4, 0.5) is 10.8 Å². The number of hydrogen-bond donors (Lipinski definition) is 1. The monoisotopic (exact) mass is 412 g/mol. The Hall–Kier alpha value is -2.38. The topological polar surface area (TPSA) is 58.1 Å². The van der Waals surface area contributed by atoms with E-state index in [1.165, 1.54) is 23.1 Å². The van der Waals surface area contributed by atoms with Crippen LogP contribution in [0.1, 0.15) is 26.3 Å². The fourth-order valence-corrected chi connectivity index (χ4v) is 4.28. The number of anilines is 2. The second kappa shape index (κ2) is 9.21. The smallest absolute Gasteiger partial charge is 0.233 e. The van der Waals surface area contributed by atoms with Crippen molar-refractivity contribution in [1.29, 1.82) is 0 Å². The summed E-state index contributed by atoms with van der Waals surface area (Å²) in [7, 11) is 0. The Morgan fingerprint density at radius 2 is 1.68 bits per heavy atom. The Balaban J connectivity index is 1.60. The van der Waals surface area contributed by atoms with Gasteiger partial charge in [0.05, 0.1) is 5.75 Å². The fourth-order valence-electron chi connectivity index (χ4n) is 2.63. The van der Waals surface area contributed by atoms with Crippen LogP contribution in [-0.2, 0) is 11.3 Å². The van der Waals surface area contributed by atoms with Crippen molar-refractivity contribution < 1.29 is 4.79 Å². The van der Waals surface area contributed by atoms with Crippen LogP contribution >= 0.6 is 23.1 Å². The molecular formula is C21H24N4OS2. The van der Waals surface area contributed by atoms with Gasteiger partial charge >= 0.3 is 0 Å². The maximum absolute atomic E-state index is 12.9. The van der Waals surface area contributed by atoms with Crippen molar-refractivity contribution in [2.75, 3.05) is 11.1 Å². The number of nitrogens with one attached hydrogen (secondary N) is 1. The van der Waals surface area contributed by atoms with Crippen molar-refractivity contribution >= 4 is 39.8 Å². The minimum atomic E-state index is -0.255. The molecule has 1 N–H and O–H groups in total.